The zero-order valence-electron chi connectivity index (χ0n) is 53.7. The Morgan fingerprint density at radius 1 is 0.475 bits per heavy atom. The van der Waals surface area contributed by atoms with Crippen molar-refractivity contribution in [2.24, 2.45) is 16.2 Å². The summed E-state index contributed by atoms with van der Waals surface area (Å²) < 4.78 is 92.1. The van der Waals surface area contributed by atoms with Crippen LogP contribution in [-0.4, -0.2) is 115 Å². The molecule has 9 aromatic heterocycles. The number of aromatic amines is 3. The third-order valence-corrected chi connectivity index (χ3v) is 23.8. The predicted octanol–water partition coefficient (Wildman–Crippen LogP) is 13.6. The molecule has 0 amide bonds. The van der Waals surface area contributed by atoms with Crippen LogP contribution in [-0.2, 0) is 38.9 Å². The van der Waals surface area contributed by atoms with E-state index in [4.69, 9.17) is 13.3 Å². The van der Waals surface area contributed by atoms with E-state index in [1.807, 2.05) is 42.5 Å². The molecule has 6 aliphatic rings. The van der Waals surface area contributed by atoms with Crippen LogP contribution in [0.2, 0.25) is 0 Å². The van der Waals surface area contributed by atoms with Crippen molar-refractivity contribution in [3.63, 3.8) is 0 Å². The van der Waals surface area contributed by atoms with Gasteiger partial charge in [0.25, 0.3) is 0 Å². The lowest BCUT2D eigenvalue weighted by atomic mass is 9.78. The summed E-state index contributed by atoms with van der Waals surface area (Å²) in [7, 11) is 0. The van der Waals surface area contributed by atoms with Crippen molar-refractivity contribution in [1.29, 1.82) is 0 Å². The summed E-state index contributed by atoms with van der Waals surface area (Å²) >= 11 is 3.96. The number of oxazole rings is 3. The highest BCUT2D eigenvalue weighted by atomic mass is 32.1. The van der Waals surface area contributed by atoms with Gasteiger partial charge in [-0.05, 0) is 135 Å². The van der Waals surface area contributed by atoms with E-state index in [1.165, 1.54) is 42.2 Å². The molecule has 0 radical (unpaired) electrons. The van der Waals surface area contributed by atoms with Crippen molar-refractivity contribution in [1.82, 2.24) is 60.8 Å². The molecule has 21 nitrogen and oxygen atoms in total. The Morgan fingerprint density at radius 3 is 1.10 bits per heavy atom. The van der Waals surface area contributed by atoms with Crippen molar-refractivity contribution in [2.45, 2.75) is 134 Å². The maximum absolute atomic E-state index is 12.8. The van der Waals surface area contributed by atoms with Crippen LogP contribution < -0.4 is 47.9 Å². The molecule has 6 fully saturated rings. The normalized spacial score (nSPS) is 20.0. The first-order chi connectivity index (χ1) is 47.6. The van der Waals surface area contributed by atoms with E-state index in [0.29, 0.717) is 84.8 Å². The third kappa shape index (κ3) is 13.8. The van der Waals surface area contributed by atoms with Crippen LogP contribution in [0.25, 0.3) is 63.9 Å². The largest absolute Gasteiger partial charge is 0.417 e. The highest BCUT2D eigenvalue weighted by Gasteiger charge is 2.51. The zero-order valence-corrected chi connectivity index (χ0v) is 56.2. The summed E-state index contributed by atoms with van der Waals surface area (Å²) in [6, 6.07) is 24.0. The topological polar surface area (TPSA) is 261 Å². The Balaban J connectivity index is 0.000000143. The van der Waals surface area contributed by atoms with Gasteiger partial charge < -0.3 is 43.9 Å². The van der Waals surface area contributed by atoms with E-state index >= 15 is 0 Å². The number of nitrogens with zero attached hydrogens (tertiary/aromatic N) is 9. The van der Waals surface area contributed by atoms with Gasteiger partial charge in [-0.2, -0.15) is 26.3 Å². The fraction of sp³-hybridized carbons (Fsp3) is 0.435. The number of halogens is 6. The van der Waals surface area contributed by atoms with E-state index < -0.39 is 42.5 Å². The number of anilines is 3. The summed E-state index contributed by atoms with van der Waals surface area (Å²) in [5, 5.41) is 13.6. The molecule has 12 heterocycles. The average Bonchev–Trinajstić information content (AvgIpc) is 1.66. The van der Waals surface area contributed by atoms with Crippen LogP contribution in [0.15, 0.2) is 119 Å². The van der Waals surface area contributed by atoms with Crippen molar-refractivity contribution < 1.29 is 45.3 Å². The Labute approximate surface area is 577 Å². The minimum atomic E-state index is -4.23. The first-order valence-corrected chi connectivity index (χ1v) is 35.7. The number of thiophene rings is 3. The number of rotatable bonds is 15. The second kappa shape index (κ2) is 25.6. The van der Waals surface area contributed by atoms with Crippen molar-refractivity contribution in [3.8, 4) is 0 Å². The fourth-order valence-electron chi connectivity index (χ4n) is 16.0. The van der Waals surface area contributed by atoms with E-state index in [1.54, 1.807) is 41.9 Å². The van der Waals surface area contributed by atoms with Gasteiger partial charge >= 0.3 is 29.6 Å². The van der Waals surface area contributed by atoms with Gasteiger partial charge in [-0.25, -0.2) is 44.3 Å². The van der Waals surface area contributed by atoms with Gasteiger partial charge in [-0.1, -0.05) is 25.1 Å². The standard InChI is InChI=1S/2C23H22F3N5O2S.C23H25N5O2S.4H2/c2*24-23(25,26)8-15-6-16-19(28-12-29-20(16)34-15)31-10-22(11-31)4-3-14(7-22)27-9-13-1-2-18-17(5-13)30-21(32)33-18;1-2-16-8-17-20(25-13-26-21(17)31-16)28-11-23(12-28)6-5-15(9-23)24-10-14-3-4-19-18(7-14)27-22(29)30-19;;;;/h2*1-2,5-6,12,14,27H,3-4,7-11H2,(H,30,32);3-4,7-8,13,15,24H,2,5-6,9-12H2,1H3,(H,27,29);4*1H/t2*14-;;;;;/m10...../s1. The molecular weight excluding hydrogens is 1350 g/mol. The highest BCUT2D eigenvalue weighted by molar-refractivity contribution is 7.19. The van der Waals surface area contributed by atoms with Crippen molar-refractivity contribution in [2.75, 3.05) is 54.0 Å². The first kappa shape index (κ1) is 65.1. The predicted molar refractivity (Wildman–Crippen MR) is 377 cm³/mol. The Kier molecular flexibility index (Phi) is 16.8. The minimum absolute atomic E-state index is 0. The molecule has 3 aliphatic carbocycles. The smallest absolute Gasteiger partial charge is 0.408 e. The lowest BCUT2D eigenvalue weighted by Gasteiger charge is -2.49. The molecule has 3 saturated carbocycles. The Bertz CT molecular complexity index is 4980. The van der Waals surface area contributed by atoms with E-state index in [9.17, 15) is 40.7 Å². The highest BCUT2D eigenvalue weighted by Crippen LogP contribution is 2.51. The summed E-state index contributed by atoms with van der Waals surface area (Å²) in [5.74, 6) is 1.27. The number of aryl methyl sites for hydroxylation is 1. The quantitative estimate of drug-likeness (QED) is 0.0521. The molecule has 1 unspecified atom stereocenters. The van der Waals surface area contributed by atoms with Gasteiger partial charge in [-0.3, -0.25) is 15.0 Å². The molecule has 3 aromatic carbocycles. The lowest BCUT2D eigenvalue weighted by molar-refractivity contribution is -0.127. The van der Waals surface area contributed by atoms with E-state index in [-0.39, 0.29) is 26.3 Å². The number of alkyl halides is 6. The number of fused-ring (bicyclic) bond motifs is 6. The molecule has 12 aromatic rings. The fourth-order valence-corrected chi connectivity index (χ4v) is 19.0. The van der Waals surface area contributed by atoms with Crippen molar-refractivity contribution >= 4 is 115 Å². The number of hydrogen-bond acceptors (Lipinski definition) is 21. The second-order valence-corrected chi connectivity index (χ2v) is 31.2. The first-order valence-electron chi connectivity index (χ1n) is 33.3. The minimum Gasteiger partial charge on any atom is -0.408 e. The number of benzene rings is 3. The monoisotopic (exact) mass is 1420 g/mol. The summed E-state index contributed by atoms with van der Waals surface area (Å²) in [6.07, 6.45) is 5.42. The summed E-state index contributed by atoms with van der Waals surface area (Å²) in [4.78, 5) is 79.4. The maximum atomic E-state index is 12.8. The number of aromatic nitrogens is 9. The molecule has 18 rings (SSSR count). The number of hydrogen-bond donors (Lipinski definition) is 6. The van der Waals surface area contributed by atoms with Gasteiger partial charge in [-0.15, -0.1) is 34.0 Å². The molecule has 30 heteroatoms. The number of nitrogens with one attached hydrogen (secondary N) is 6. The lowest BCUT2D eigenvalue weighted by Crippen LogP contribution is -2.56. The molecule has 3 aliphatic heterocycles. The van der Waals surface area contributed by atoms with E-state index in [0.717, 1.165) is 158 Å². The molecule has 6 N–H and O–H groups in total. The van der Waals surface area contributed by atoms with Crippen LogP contribution in [0.3, 0.4) is 0 Å². The van der Waals surface area contributed by atoms with Gasteiger partial charge in [0.2, 0.25) is 0 Å². The molecule has 99 heavy (non-hydrogen) atoms. The third-order valence-electron chi connectivity index (χ3n) is 20.6. The average molecular weight is 1420 g/mol. The van der Waals surface area contributed by atoms with Crippen LogP contribution in [0.4, 0.5) is 43.8 Å². The van der Waals surface area contributed by atoms with E-state index in [2.05, 4.69) is 88.5 Å². The van der Waals surface area contributed by atoms with Crippen LogP contribution in [0, 0.1) is 16.2 Å². The van der Waals surface area contributed by atoms with Gasteiger partial charge in [0, 0.05) is 114 Å². The molecule has 3 saturated heterocycles. The maximum Gasteiger partial charge on any atom is 0.417 e. The summed E-state index contributed by atoms with van der Waals surface area (Å²) in [5.41, 5.74) is 8.01. The Morgan fingerprint density at radius 2 is 0.788 bits per heavy atom. The SMILES string of the molecule is CCc1cc2c(N3CC4(CCC(NCc5ccc6oc(=O)[nH]c6c5)C4)C3)ncnc2s1.O=c1[nH]c2cc(CN[C@@H]3CCC4(C3)CN(c3ncnc5sc(CC(F)(F)F)cc35)C4)ccc2o1.O=c1[nH]c2cc(CN[C@H]3CCC4(C3)CN(c3ncnc5sc(CC(F)(F)F)cc35)C4)ccc2o1.[HH].[HH].[HH].[HH]. The Hall–Kier alpha value is -8.55. The zero-order chi connectivity index (χ0) is 68.0. The molecule has 3 atom stereocenters. The molecule has 3 spiro atoms. The molecule has 0 bridgehead atoms. The van der Waals surface area contributed by atoms with Crippen LogP contribution >= 0.6 is 34.0 Å². The van der Waals surface area contributed by atoms with Crippen LogP contribution in [0.1, 0.15) is 102 Å². The number of H-pyrrole nitrogens is 3. The van der Waals surface area contributed by atoms with Crippen LogP contribution in [0.5, 0.6) is 0 Å². The molecular formula is C69H77F6N15O6S3. The van der Waals surface area contributed by atoms with Gasteiger partial charge in [0.1, 0.15) is 50.9 Å². The molecule has 524 valence electrons. The van der Waals surface area contributed by atoms with Gasteiger partial charge in [0.05, 0.1) is 45.6 Å². The second-order valence-electron chi connectivity index (χ2n) is 27.9. The van der Waals surface area contributed by atoms with Gasteiger partial charge in [0.15, 0.2) is 16.7 Å². The van der Waals surface area contributed by atoms with Crippen molar-refractivity contribution in [3.05, 3.63) is 155 Å². The summed E-state index contributed by atoms with van der Waals surface area (Å²) in [6.45, 7) is 9.97.